The zero-order chi connectivity index (χ0) is 31.2. The number of amides is 3. The van der Waals surface area contributed by atoms with Crippen molar-refractivity contribution in [3.8, 4) is 0 Å². The molecule has 4 aliphatic rings. The summed E-state index contributed by atoms with van der Waals surface area (Å²) in [6.45, 7) is 6.00. The second kappa shape index (κ2) is 12.5. The SMILES string of the molecule is C[C@@H]1[C@H](C)CCC[C@@H]1NC(=O)[C@@H]1N(CCN(C)Cc2ccccc2)C(=O)[C@@H]2[C@H](C(=O)Nc3cc(Cl)cc(Cl)c3)[C@@H]3C=C[C@]21O3. The number of likely N-dealkylation sites (tertiary alicyclic amines) is 1. The molecule has 234 valence electrons. The van der Waals surface area contributed by atoms with Gasteiger partial charge in [0.15, 0.2) is 0 Å². The minimum Gasteiger partial charge on any atom is -0.359 e. The first kappa shape index (κ1) is 31.1. The molecule has 3 aliphatic heterocycles. The lowest BCUT2D eigenvalue weighted by atomic mass is 9.73. The van der Waals surface area contributed by atoms with Crippen molar-refractivity contribution >= 4 is 46.6 Å². The van der Waals surface area contributed by atoms with Crippen LogP contribution in [-0.4, -0.2) is 71.4 Å². The number of halogens is 2. The van der Waals surface area contributed by atoms with Crippen LogP contribution >= 0.6 is 23.2 Å². The maximum atomic E-state index is 14.3. The predicted molar refractivity (Wildman–Crippen MR) is 171 cm³/mol. The summed E-state index contributed by atoms with van der Waals surface area (Å²) in [5, 5.41) is 6.98. The molecule has 1 saturated carbocycles. The third-order valence-corrected chi connectivity index (χ3v) is 10.5. The summed E-state index contributed by atoms with van der Waals surface area (Å²) in [6.07, 6.45) is 6.16. The topological polar surface area (TPSA) is 91.0 Å². The molecule has 3 heterocycles. The lowest BCUT2D eigenvalue weighted by molar-refractivity contribution is -0.141. The van der Waals surface area contributed by atoms with Gasteiger partial charge in [-0.15, -0.1) is 0 Å². The maximum absolute atomic E-state index is 14.3. The van der Waals surface area contributed by atoms with Crippen molar-refractivity contribution in [2.75, 3.05) is 25.5 Å². The maximum Gasteiger partial charge on any atom is 0.246 e. The van der Waals surface area contributed by atoms with Crippen LogP contribution in [0.25, 0.3) is 0 Å². The second-order valence-corrected chi connectivity index (χ2v) is 13.9. The van der Waals surface area contributed by atoms with Crippen LogP contribution in [0, 0.1) is 23.7 Å². The third kappa shape index (κ3) is 5.78. The van der Waals surface area contributed by atoms with Crippen molar-refractivity contribution in [2.45, 2.75) is 63.4 Å². The molecule has 1 aliphatic carbocycles. The van der Waals surface area contributed by atoms with Crippen LogP contribution in [0.1, 0.15) is 38.7 Å². The fourth-order valence-corrected chi connectivity index (χ4v) is 8.19. The quantitative estimate of drug-likeness (QED) is 0.371. The Balaban J connectivity index is 1.27. The Morgan fingerprint density at radius 2 is 1.80 bits per heavy atom. The van der Waals surface area contributed by atoms with Crippen molar-refractivity contribution in [2.24, 2.45) is 23.7 Å². The number of rotatable bonds is 9. The van der Waals surface area contributed by atoms with E-state index in [1.807, 2.05) is 37.4 Å². The summed E-state index contributed by atoms with van der Waals surface area (Å²) < 4.78 is 6.52. The molecule has 2 saturated heterocycles. The van der Waals surface area contributed by atoms with Gasteiger partial charge < -0.3 is 25.2 Å². The van der Waals surface area contributed by atoms with E-state index >= 15 is 0 Å². The first-order valence-electron chi connectivity index (χ1n) is 15.5. The van der Waals surface area contributed by atoms with Gasteiger partial charge in [0.2, 0.25) is 17.7 Å². The van der Waals surface area contributed by atoms with E-state index in [2.05, 4.69) is 41.5 Å². The molecule has 10 heteroatoms. The minimum absolute atomic E-state index is 0.0219. The van der Waals surface area contributed by atoms with E-state index in [4.69, 9.17) is 27.9 Å². The van der Waals surface area contributed by atoms with E-state index in [0.29, 0.717) is 47.2 Å². The van der Waals surface area contributed by atoms with Gasteiger partial charge in [-0.3, -0.25) is 14.4 Å². The molecule has 1 spiro atoms. The Morgan fingerprint density at radius 1 is 1.07 bits per heavy atom. The normalized spacial score (nSPS) is 32.3. The minimum atomic E-state index is -1.22. The van der Waals surface area contributed by atoms with Gasteiger partial charge >= 0.3 is 0 Å². The highest BCUT2D eigenvalue weighted by Gasteiger charge is 2.72. The molecule has 2 bridgehead atoms. The van der Waals surface area contributed by atoms with Gasteiger partial charge in [0, 0.05) is 41.4 Å². The largest absolute Gasteiger partial charge is 0.359 e. The number of nitrogens with zero attached hydrogens (tertiary/aromatic N) is 2. The molecule has 0 radical (unpaired) electrons. The molecule has 2 N–H and O–H groups in total. The number of ether oxygens (including phenoxy) is 1. The van der Waals surface area contributed by atoms with Gasteiger partial charge in [-0.25, -0.2) is 0 Å². The lowest BCUT2D eigenvalue weighted by Gasteiger charge is -2.38. The van der Waals surface area contributed by atoms with Crippen molar-refractivity contribution in [3.63, 3.8) is 0 Å². The number of likely N-dealkylation sites (N-methyl/N-ethyl adjacent to an activating group) is 1. The van der Waals surface area contributed by atoms with Crippen LogP contribution in [0.3, 0.4) is 0 Å². The number of benzene rings is 2. The molecule has 3 amide bonds. The molecule has 44 heavy (non-hydrogen) atoms. The molecule has 8 atom stereocenters. The third-order valence-electron chi connectivity index (χ3n) is 10.1. The Bertz CT molecular complexity index is 1430. The fourth-order valence-electron chi connectivity index (χ4n) is 7.66. The highest BCUT2D eigenvalue weighted by atomic mass is 35.5. The molecular weight excluding hydrogens is 599 g/mol. The van der Waals surface area contributed by atoms with E-state index in [9.17, 15) is 14.4 Å². The van der Waals surface area contributed by atoms with Crippen LogP contribution in [-0.2, 0) is 25.7 Å². The fraction of sp³-hybridized carbons (Fsp3) is 0.500. The first-order valence-corrected chi connectivity index (χ1v) is 16.3. The number of hydrogen-bond acceptors (Lipinski definition) is 5. The summed E-state index contributed by atoms with van der Waals surface area (Å²) in [4.78, 5) is 46.2. The second-order valence-electron chi connectivity index (χ2n) is 13.0. The zero-order valence-electron chi connectivity index (χ0n) is 25.3. The average Bonchev–Trinajstić information content (AvgIpc) is 3.61. The van der Waals surface area contributed by atoms with Gasteiger partial charge in [0.25, 0.3) is 0 Å². The van der Waals surface area contributed by atoms with Crippen LogP contribution in [0.15, 0.2) is 60.7 Å². The standard InChI is InChI=1S/C34H40Cl2N4O4/c1-20-8-7-11-26(21(20)2)38-32(42)30-34-13-12-27(44-34)28(31(41)37-25-17-23(35)16-24(36)18-25)29(34)33(43)40(30)15-14-39(3)19-22-9-5-4-6-10-22/h4-6,9-10,12-13,16-18,20-21,26-30H,7-8,11,14-15,19H2,1-3H3,(H,37,41)(H,38,42)/t20-,21-,26+,27+,28-,29+,30+,34+/m1/s1. The Morgan fingerprint density at radius 3 is 2.52 bits per heavy atom. The highest BCUT2D eigenvalue weighted by Crippen LogP contribution is 2.55. The van der Waals surface area contributed by atoms with Crippen LogP contribution < -0.4 is 10.6 Å². The van der Waals surface area contributed by atoms with Crippen molar-refractivity contribution in [1.82, 2.24) is 15.1 Å². The van der Waals surface area contributed by atoms with Crippen molar-refractivity contribution < 1.29 is 19.1 Å². The summed E-state index contributed by atoms with van der Waals surface area (Å²) in [7, 11) is 2.00. The number of carbonyl (C=O) groups is 3. The number of nitrogens with one attached hydrogen (secondary N) is 2. The van der Waals surface area contributed by atoms with E-state index < -0.39 is 29.6 Å². The molecular formula is C34H40Cl2N4O4. The lowest BCUT2D eigenvalue weighted by Crippen LogP contribution is -2.58. The number of hydrogen-bond donors (Lipinski definition) is 2. The zero-order valence-corrected chi connectivity index (χ0v) is 26.9. The Hall–Kier alpha value is -2.91. The Labute approximate surface area is 269 Å². The Kier molecular flexibility index (Phi) is 8.81. The summed E-state index contributed by atoms with van der Waals surface area (Å²) >= 11 is 12.3. The molecule has 8 nitrogen and oxygen atoms in total. The van der Waals surface area contributed by atoms with E-state index in [1.54, 1.807) is 23.1 Å². The number of carbonyl (C=O) groups excluding carboxylic acids is 3. The molecule has 2 aromatic carbocycles. The molecule has 0 unspecified atom stereocenters. The van der Waals surface area contributed by atoms with Crippen LogP contribution in [0.4, 0.5) is 5.69 Å². The predicted octanol–water partition coefficient (Wildman–Crippen LogP) is 5.16. The molecule has 0 aromatic heterocycles. The molecule has 3 fully saturated rings. The smallest absolute Gasteiger partial charge is 0.246 e. The van der Waals surface area contributed by atoms with Gasteiger partial charge in [-0.2, -0.15) is 0 Å². The first-order chi connectivity index (χ1) is 21.1. The van der Waals surface area contributed by atoms with E-state index in [-0.39, 0.29) is 23.8 Å². The van der Waals surface area contributed by atoms with E-state index in [0.717, 1.165) is 24.8 Å². The summed E-state index contributed by atoms with van der Waals surface area (Å²) in [5.74, 6) is -1.63. The van der Waals surface area contributed by atoms with Gasteiger partial charge in [0.1, 0.15) is 11.6 Å². The monoisotopic (exact) mass is 638 g/mol. The van der Waals surface area contributed by atoms with Gasteiger partial charge in [-0.1, -0.05) is 92.4 Å². The molecule has 2 aromatic rings. The molecule has 6 rings (SSSR count). The summed E-state index contributed by atoms with van der Waals surface area (Å²) in [5.41, 5.74) is 0.380. The average molecular weight is 640 g/mol. The van der Waals surface area contributed by atoms with Crippen molar-refractivity contribution in [1.29, 1.82) is 0 Å². The van der Waals surface area contributed by atoms with E-state index in [1.165, 1.54) is 0 Å². The number of anilines is 1. The van der Waals surface area contributed by atoms with Crippen LogP contribution in [0.5, 0.6) is 0 Å². The highest BCUT2D eigenvalue weighted by molar-refractivity contribution is 6.35. The van der Waals surface area contributed by atoms with Crippen molar-refractivity contribution in [3.05, 3.63) is 76.3 Å². The van der Waals surface area contributed by atoms with Crippen LogP contribution in [0.2, 0.25) is 10.0 Å². The van der Waals surface area contributed by atoms with Gasteiger partial charge in [0.05, 0.1) is 17.9 Å². The van der Waals surface area contributed by atoms with Gasteiger partial charge in [-0.05, 0) is 49.1 Å². The number of fused-ring (bicyclic) bond motifs is 1. The summed E-state index contributed by atoms with van der Waals surface area (Å²) in [6, 6.07) is 14.1.